The summed E-state index contributed by atoms with van der Waals surface area (Å²) in [5.41, 5.74) is 0.659. The molecule has 0 unspecified atom stereocenters. The van der Waals surface area contributed by atoms with Crippen LogP contribution in [-0.2, 0) is 4.74 Å². The molecule has 0 aliphatic heterocycles. The van der Waals surface area contributed by atoms with Gasteiger partial charge in [-0.25, -0.2) is 14.3 Å². The second-order valence-electron chi connectivity index (χ2n) is 5.17. The van der Waals surface area contributed by atoms with Crippen molar-refractivity contribution in [1.29, 1.82) is 0 Å². The Bertz CT molecular complexity index is 374. The second kappa shape index (κ2) is 3.61. The van der Waals surface area contributed by atoms with Crippen molar-refractivity contribution in [2.45, 2.75) is 32.1 Å². The molecule has 4 nitrogen and oxygen atoms in total. The van der Waals surface area contributed by atoms with Crippen molar-refractivity contribution in [2.75, 3.05) is 6.61 Å². The first-order valence-corrected chi connectivity index (χ1v) is 5.93. The molecule has 2 aliphatic carbocycles. The van der Waals surface area contributed by atoms with Gasteiger partial charge < -0.3 is 4.74 Å². The predicted molar refractivity (Wildman–Crippen MR) is 58.0 cm³/mol. The fraction of sp³-hybridized carbons (Fsp3) is 0.667. The second-order valence-corrected chi connectivity index (χ2v) is 5.17. The molecule has 86 valence electrons. The van der Waals surface area contributed by atoms with Crippen molar-refractivity contribution in [3.05, 3.63) is 18.7 Å². The summed E-state index contributed by atoms with van der Waals surface area (Å²) in [6, 6.07) is 0. The van der Waals surface area contributed by atoms with Gasteiger partial charge in [0.1, 0.15) is 6.33 Å². The third-order valence-electron chi connectivity index (χ3n) is 4.02. The quantitative estimate of drug-likeness (QED) is 0.769. The van der Waals surface area contributed by atoms with Crippen molar-refractivity contribution >= 4 is 6.09 Å². The number of carbonyl (C=O) groups excluding carboxylic acids is 1. The number of aromatic nitrogens is 2. The molecule has 0 amide bonds. The molecule has 0 radical (unpaired) electrons. The molecule has 0 saturated heterocycles. The van der Waals surface area contributed by atoms with Gasteiger partial charge >= 0.3 is 6.09 Å². The highest BCUT2D eigenvalue weighted by Gasteiger charge is 2.48. The summed E-state index contributed by atoms with van der Waals surface area (Å²) in [6.45, 7) is 0.568. The summed E-state index contributed by atoms with van der Waals surface area (Å²) in [5.74, 6) is 0.591. The van der Waals surface area contributed by atoms with Crippen LogP contribution in [0.15, 0.2) is 18.7 Å². The topological polar surface area (TPSA) is 44.1 Å². The van der Waals surface area contributed by atoms with Gasteiger partial charge in [0.2, 0.25) is 0 Å². The average Bonchev–Trinajstić information content (AvgIpc) is 2.65. The first-order valence-electron chi connectivity index (χ1n) is 5.93. The van der Waals surface area contributed by atoms with Gasteiger partial charge in [0.15, 0.2) is 0 Å². The molecule has 0 bridgehead atoms. The number of carbonyl (C=O) groups is 1. The smallest absolute Gasteiger partial charge is 0.419 e. The highest BCUT2D eigenvalue weighted by molar-refractivity contribution is 5.69. The van der Waals surface area contributed by atoms with E-state index in [2.05, 4.69) is 4.98 Å². The van der Waals surface area contributed by atoms with Crippen molar-refractivity contribution in [3.8, 4) is 0 Å². The lowest BCUT2D eigenvalue weighted by atomic mass is 9.52. The van der Waals surface area contributed by atoms with Crippen LogP contribution in [0.5, 0.6) is 0 Å². The molecule has 0 aromatic carbocycles. The van der Waals surface area contributed by atoms with Crippen LogP contribution in [0.3, 0.4) is 0 Å². The summed E-state index contributed by atoms with van der Waals surface area (Å²) in [5, 5.41) is 0. The first-order chi connectivity index (χ1) is 7.77. The third kappa shape index (κ3) is 1.62. The van der Waals surface area contributed by atoms with Crippen molar-refractivity contribution in [3.63, 3.8) is 0 Å². The minimum atomic E-state index is -0.313. The zero-order valence-corrected chi connectivity index (χ0v) is 9.26. The van der Waals surface area contributed by atoms with Crippen LogP contribution < -0.4 is 0 Å². The fourth-order valence-corrected chi connectivity index (χ4v) is 3.00. The minimum absolute atomic E-state index is 0.313. The predicted octanol–water partition coefficient (Wildman–Crippen LogP) is 2.45. The summed E-state index contributed by atoms with van der Waals surface area (Å²) < 4.78 is 6.61. The molecular weight excluding hydrogens is 204 g/mol. The van der Waals surface area contributed by atoms with E-state index >= 15 is 0 Å². The van der Waals surface area contributed by atoms with E-state index < -0.39 is 0 Å². The van der Waals surface area contributed by atoms with E-state index in [4.69, 9.17) is 4.74 Å². The molecule has 0 N–H and O–H groups in total. The Morgan fingerprint density at radius 2 is 2.31 bits per heavy atom. The Hall–Kier alpha value is -1.32. The van der Waals surface area contributed by atoms with Crippen LogP contribution >= 0.6 is 0 Å². The third-order valence-corrected chi connectivity index (χ3v) is 4.02. The molecule has 0 atom stereocenters. The highest BCUT2D eigenvalue weighted by Crippen LogP contribution is 2.58. The maximum Gasteiger partial charge on any atom is 0.419 e. The molecule has 1 spiro atoms. The molecule has 1 aromatic rings. The summed E-state index contributed by atoms with van der Waals surface area (Å²) in [6.07, 6.45) is 11.0. The lowest BCUT2D eigenvalue weighted by Gasteiger charge is -2.54. The molecule has 2 aliphatic rings. The van der Waals surface area contributed by atoms with Gasteiger partial charge in [0, 0.05) is 12.4 Å². The van der Waals surface area contributed by atoms with Gasteiger partial charge in [-0.3, -0.25) is 0 Å². The summed E-state index contributed by atoms with van der Waals surface area (Å²) >= 11 is 0. The lowest BCUT2D eigenvalue weighted by molar-refractivity contribution is -0.0485. The fourth-order valence-electron chi connectivity index (χ4n) is 3.00. The molecular formula is C12H16N2O2. The van der Waals surface area contributed by atoms with Crippen LogP contribution in [0, 0.1) is 11.3 Å². The number of ether oxygens (including phenoxy) is 1. The van der Waals surface area contributed by atoms with Gasteiger partial charge in [0.25, 0.3) is 0 Å². The maximum absolute atomic E-state index is 11.5. The van der Waals surface area contributed by atoms with Gasteiger partial charge in [-0.2, -0.15) is 0 Å². The van der Waals surface area contributed by atoms with Crippen molar-refractivity contribution < 1.29 is 9.53 Å². The Morgan fingerprint density at radius 1 is 1.50 bits per heavy atom. The maximum atomic E-state index is 11.5. The van der Waals surface area contributed by atoms with Crippen LogP contribution in [0.1, 0.15) is 32.1 Å². The van der Waals surface area contributed by atoms with E-state index in [1.165, 1.54) is 43.0 Å². The molecule has 2 fully saturated rings. The Balaban J connectivity index is 1.43. The SMILES string of the molecule is O=C(OCC1CC2(CCC2)C1)n1ccnc1. The molecule has 1 heterocycles. The van der Waals surface area contributed by atoms with E-state index in [1.807, 2.05) is 0 Å². The number of hydrogen-bond donors (Lipinski definition) is 0. The Morgan fingerprint density at radius 3 is 2.88 bits per heavy atom. The van der Waals surface area contributed by atoms with Crippen LogP contribution in [0.4, 0.5) is 4.79 Å². The Kier molecular flexibility index (Phi) is 2.23. The Labute approximate surface area is 94.6 Å². The van der Waals surface area contributed by atoms with E-state index in [0.717, 1.165) is 0 Å². The van der Waals surface area contributed by atoms with E-state index in [1.54, 1.807) is 12.4 Å². The zero-order chi connectivity index (χ0) is 11.0. The van der Waals surface area contributed by atoms with Gasteiger partial charge in [-0.15, -0.1) is 0 Å². The lowest BCUT2D eigenvalue weighted by Crippen LogP contribution is -2.44. The van der Waals surface area contributed by atoms with Crippen LogP contribution in [-0.4, -0.2) is 22.3 Å². The zero-order valence-electron chi connectivity index (χ0n) is 9.26. The van der Waals surface area contributed by atoms with Crippen molar-refractivity contribution in [1.82, 2.24) is 9.55 Å². The monoisotopic (exact) mass is 220 g/mol. The van der Waals surface area contributed by atoms with Crippen molar-refractivity contribution in [2.24, 2.45) is 11.3 Å². The largest absolute Gasteiger partial charge is 0.449 e. The number of imidazole rings is 1. The number of hydrogen-bond acceptors (Lipinski definition) is 3. The summed E-state index contributed by atoms with van der Waals surface area (Å²) in [7, 11) is 0. The molecule has 4 heteroatoms. The highest BCUT2D eigenvalue weighted by atomic mass is 16.5. The first kappa shape index (κ1) is 9.87. The standard InChI is InChI=1S/C12H16N2O2/c15-11(14-5-4-13-9-14)16-8-10-6-12(7-10)2-1-3-12/h4-5,9-10H,1-3,6-8H2. The van der Waals surface area contributed by atoms with Gasteiger partial charge in [-0.05, 0) is 37.0 Å². The van der Waals surface area contributed by atoms with Gasteiger partial charge in [-0.1, -0.05) is 6.42 Å². The molecule has 16 heavy (non-hydrogen) atoms. The normalized spacial score (nSPS) is 22.5. The summed E-state index contributed by atoms with van der Waals surface area (Å²) in [4.78, 5) is 15.3. The van der Waals surface area contributed by atoms with Crippen LogP contribution in [0.25, 0.3) is 0 Å². The van der Waals surface area contributed by atoms with E-state index in [9.17, 15) is 4.79 Å². The average molecular weight is 220 g/mol. The number of rotatable bonds is 2. The molecule has 3 rings (SSSR count). The van der Waals surface area contributed by atoms with E-state index in [0.29, 0.717) is 17.9 Å². The van der Waals surface area contributed by atoms with Crippen LogP contribution in [0.2, 0.25) is 0 Å². The molecule has 2 saturated carbocycles. The minimum Gasteiger partial charge on any atom is -0.449 e. The molecule has 1 aromatic heterocycles. The van der Waals surface area contributed by atoms with E-state index in [-0.39, 0.29) is 6.09 Å². The van der Waals surface area contributed by atoms with Gasteiger partial charge in [0.05, 0.1) is 6.61 Å². The number of nitrogens with zero attached hydrogens (tertiary/aromatic N) is 2.